The van der Waals surface area contributed by atoms with Gasteiger partial charge in [0.15, 0.2) is 0 Å². The highest BCUT2D eigenvalue weighted by Crippen LogP contribution is 2.25. The van der Waals surface area contributed by atoms with Gasteiger partial charge in [-0.2, -0.15) is 0 Å². The summed E-state index contributed by atoms with van der Waals surface area (Å²) in [7, 11) is 2.05. The molecule has 0 bridgehead atoms. The number of halogens is 1. The van der Waals surface area contributed by atoms with Gasteiger partial charge in [0.25, 0.3) is 0 Å². The smallest absolute Gasteiger partial charge is 0.132 e. The van der Waals surface area contributed by atoms with Gasteiger partial charge in [0.05, 0.1) is 0 Å². The second-order valence-corrected chi connectivity index (χ2v) is 5.62. The van der Waals surface area contributed by atoms with Gasteiger partial charge in [-0.05, 0) is 58.6 Å². The summed E-state index contributed by atoms with van der Waals surface area (Å²) >= 11 is 3.48. The minimum Gasteiger partial charge on any atom is -0.329 e. The van der Waals surface area contributed by atoms with E-state index >= 15 is 0 Å². The summed E-state index contributed by atoms with van der Waals surface area (Å²) in [6, 6.07) is 10.8. The number of pyridine rings is 1. The molecule has 0 N–H and O–H groups in total. The normalized spacial score (nSPS) is 10.5. The van der Waals surface area contributed by atoms with Crippen LogP contribution in [0.5, 0.6) is 0 Å². The van der Waals surface area contributed by atoms with Gasteiger partial charge < -0.3 is 4.90 Å². The highest BCUT2D eigenvalue weighted by Gasteiger charge is 2.06. The van der Waals surface area contributed by atoms with E-state index in [0.717, 1.165) is 22.4 Å². The molecule has 0 spiro atoms. The molecule has 2 aromatic rings. The van der Waals surface area contributed by atoms with Crippen molar-refractivity contribution in [1.82, 2.24) is 4.98 Å². The molecule has 0 aliphatic rings. The summed E-state index contributed by atoms with van der Waals surface area (Å²) in [5.74, 6) is 0.962. The zero-order valence-corrected chi connectivity index (χ0v) is 13.2. The largest absolute Gasteiger partial charge is 0.329 e. The van der Waals surface area contributed by atoms with Crippen LogP contribution in [0.4, 0.5) is 11.5 Å². The summed E-state index contributed by atoms with van der Waals surface area (Å²) in [6.07, 6.45) is 4.18. The van der Waals surface area contributed by atoms with Gasteiger partial charge in [0.2, 0.25) is 0 Å². The van der Waals surface area contributed by atoms with Crippen LogP contribution in [0.15, 0.2) is 41.0 Å². The fourth-order valence-corrected chi connectivity index (χ4v) is 2.23. The van der Waals surface area contributed by atoms with Crippen LogP contribution in [0.1, 0.15) is 24.5 Å². The Morgan fingerprint density at radius 3 is 2.47 bits per heavy atom. The molecule has 0 aliphatic carbocycles. The van der Waals surface area contributed by atoms with Crippen molar-refractivity contribution in [2.45, 2.75) is 26.7 Å². The van der Waals surface area contributed by atoms with E-state index in [0.29, 0.717) is 0 Å². The van der Waals surface area contributed by atoms with Crippen LogP contribution in [0.3, 0.4) is 0 Å². The van der Waals surface area contributed by atoms with Crippen molar-refractivity contribution in [1.29, 1.82) is 0 Å². The van der Waals surface area contributed by atoms with Crippen LogP contribution in [-0.2, 0) is 6.42 Å². The fourth-order valence-electron chi connectivity index (χ4n) is 2.02. The van der Waals surface area contributed by atoms with E-state index in [9.17, 15) is 0 Å². The summed E-state index contributed by atoms with van der Waals surface area (Å²) in [5.41, 5.74) is 3.74. The number of hydrogen-bond acceptors (Lipinski definition) is 2. The molecule has 100 valence electrons. The van der Waals surface area contributed by atoms with Crippen molar-refractivity contribution in [2.75, 3.05) is 11.9 Å². The molecule has 1 aromatic carbocycles. The molecule has 1 heterocycles. The van der Waals surface area contributed by atoms with Crippen LogP contribution < -0.4 is 4.90 Å². The molecule has 0 saturated carbocycles. The van der Waals surface area contributed by atoms with Gasteiger partial charge in [0, 0.05) is 23.4 Å². The lowest BCUT2D eigenvalue weighted by Gasteiger charge is -2.19. The molecule has 0 amide bonds. The van der Waals surface area contributed by atoms with Gasteiger partial charge in [-0.1, -0.05) is 25.5 Å². The first kappa shape index (κ1) is 14.1. The highest BCUT2D eigenvalue weighted by molar-refractivity contribution is 9.10. The number of aryl methyl sites for hydroxylation is 2. The van der Waals surface area contributed by atoms with Crippen LogP contribution in [0.25, 0.3) is 0 Å². The monoisotopic (exact) mass is 318 g/mol. The van der Waals surface area contributed by atoms with Crippen molar-refractivity contribution in [3.63, 3.8) is 0 Å². The summed E-state index contributed by atoms with van der Waals surface area (Å²) in [6.45, 7) is 4.28. The Morgan fingerprint density at radius 1 is 1.21 bits per heavy atom. The Bertz CT molecular complexity index is 549. The van der Waals surface area contributed by atoms with Crippen molar-refractivity contribution in [3.8, 4) is 0 Å². The van der Waals surface area contributed by atoms with E-state index in [-0.39, 0.29) is 0 Å². The van der Waals surface area contributed by atoms with E-state index in [1.807, 2.05) is 13.2 Å². The van der Waals surface area contributed by atoms with E-state index in [4.69, 9.17) is 0 Å². The molecule has 0 radical (unpaired) electrons. The van der Waals surface area contributed by atoms with Crippen LogP contribution in [-0.4, -0.2) is 12.0 Å². The molecular formula is C16H19BrN2. The van der Waals surface area contributed by atoms with Crippen LogP contribution in [0.2, 0.25) is 0 Å². The first-order valence-corrected chi connectivity index (χ1v) is 7.36. The van der Waals surface area contributed by atoms with Crippen molar-refractivity contribution in [3.05, 3.63) is 52.1 Å². The van der Waals surface area contributed by atoms with E-state index in [2.05, 4.69) is 70.0 Å². The zero-order chi connectivity index (χ0) is 13.8. The Kier molecular flexibility index (Phi) is 4.59. The lowest BCUT2D eigenvalue weighted by Crippen LogP contribution is -2.11. The number of aromatic nitrogens is 1. The van der Waals surface area contributed by atoms with Crippen molar-refractivity contribution >= 4 is 27.4 Å². The van der Waals surface area contributed by atoms with Gasteiger partial charge >= 0.3 is 0 Å². The second-order valence-electron chi connectivity index (χ2n) is 4.77. The van der Waals surface area contributed by atoms with E-state index in [1.54, 1.807) is 0 Å². The molecule has 2 nitrogen and oxygen atoms in total. The fraction of sp³-hybridized carbons (Fsp3) is 0.312. The third kappa shape index (κ3) is 3.35. The average Bonchev–Trinajstić information content (AvgIpc) is 2.42. The number of rotatable bonds is 4. The van der Waals surface area contributed by atoms with Gasteiger partial charge in [-0.15, -0.1) is 0 Å². The summed E-state index contributed by atoms with van der Waals surface area (Å²) in [4.78, 5) is 6.56. The zero-order valence-electron chi connectivity index (χ0n) is 11.7. The molecule has 0 saturated heterocycles. The average molecular weight is 319 g/mol. The molecule has 19 heavy (non-hydrogen) atoms. The lowest BCUT2D eigenvalue weighted by atomic mass is 10.1. The Balaban J connectivity index is 2.22. The molecule has 2 rings (SSSR count). The summed E-state index contributed by atoms with van der Waals surface area (Å²) < 4.78 is 1.04. The quantitative estimate of drug-likeness (QED) is 0.799. The standard InChI is InChI=1S/C16H19BrN2/c1-4-5-13-6-8-14(9-7-13)19(3)16-10-12(2)15(17)11-18-16/h6-11H,4-5H2,1-3H3. The highest BCUT2D eigenvalue weighted by atomic mass is 79.9. The predicted molar refractivity (Wildman–Crippen MR) is 85.2 cm³/mol. The van der Waals surface area contributed by atoms with Gasteiger partial charge in [-0.25, -0.2) is 4.98 Å². The summed E-state index contributed by atoms with van der Waals surface area (Å²) in [5, 5.41) is 0. The van der Waals surface area contributed by atoms with E-state index < -0.39 is 0 Å². The Hall–Kier alpha value is -1.35. The predicted octanol–water partition coefficient (Wildman–Crippen LogP) is 4.87. The molecule has 1 aromatic heterocycles. The first-order valence-electron chi connectivity index (χ1n) is 6.56. The van der Waals surface area contributed by atoms with Gasteiger partial charge in [0.1, 0.15) is 5.82 Å². The minimum atomic E-state index is 0.962. The number of nitrogens with zero attached hydrogens (tertiary/aromatic N) is 2. The molecular weight excluding hydrogens is 300 g/mol. The van der Waals surface area contributed by atoms with Gasteiger partial charge in [-0.3, -0.25) is 0 Å². The van der Waals surface area contributed by atoms with Crippen molar-refractivity contribution < 1.29 is 0 Å². The number of hydrogen-bond donors (Lipinski definition) is 0. The molecule has 0 aliphatic heterocycles. The Morgan fingerprint density at radius 2 is 1.89 bits per heavy atom. The first-order chi connectivity index (χ1) is 9.11. The topological polar surface area (TPSA) is 16.1 Å². The molecule has 3 heteroatoms. The minimum absolute atomic E-state index is 0.962. The van der Waals surface area contributed by atoms with Crippen molar-refractivity contribution in [2.24, 2.45) is 0 Å². The SMILES string of the molecule is CCCc1ccc(N(C)c2cc(C)c(Br)cn2)cc1. The maximum absolute atomic E-state index is 4.45. The molecule has 0 atom stereocenters. The maximum Gasteiger partial charge on any atom is 0.132 e. The third-order valence-electron chi connectivity index (χ3n) is 3.24. The van der Waals surface area contributed by atoms with Crippen LogP contribution >= 0.6 is 15.9 Å². The second kappa shape index (κ2) is 6.20. The third-order valence-corrected chi connectivity index (χ3v) is 4.07. The van der Waals surface area contributed by atoms with E-state index in [1.165, 1.54) is 17.5 Å². The lowest BCUT2D eigenvalue weighted by molar-refractivity contribution is 0.921. The van der Waals surface area contributed by atoms with Crippen LogP contribution in [0, 0.1) is 6.92 Å². The molecule has 0 fully saturated rings. The number of benzene rings is 1. The maximum atomic E-state index is 4.45. The number of anilines is 2. The molecule has 0 unspecified atom stereocenters. The Labute approximate surface area is 123 Å².